The van der Waals surface area contributed by atoms with Crippen LogP contribution in [0.3, 0.4) is 0 Å². The van der Waals surface area contributed by atoms with Crippen molar-refractivity contribution in [1.82, 2.24) is 9.88 Å². The fourth-order valence-corrected chi connectivity index (χ4v) is 6.61. The van der Waals surface area contributed by atoms with Crippen molar-refractivity contribution in [3.63, 3.8) is 0 Å². The van der Waals surface area contributed by atoms with Crippen LogP contribution in [-0.4, -0.2) is 63.7 Å². The number of carbonyl (C=O) groups is 1. The fraction of sp³-hybridized carbons (Fsp3) is 0.300. The maximum Gasteiger partial charge on any atom is 0.264 e. The minimum atomic E-state index is -3.90. The summed E-state index contributed by atoms with van der Waals surface area (Å²) in [4.78, 5) is 21.4. The first kappa shape index (κ1) is 27.0. The number of sulfonamides is 1. The monoisotopic (exact) mass is 574 g/mol. The van der Waals surface area contributed by atoms with Crippen molar-refractivity contribution in [2.75, 3.05) is 43.9 Å². The van der Waals surface area contributed by atoms with Gasteiger partial charge in [0.1, 0.15) is 11.4 Å². The van der Waals surface area contributed by atoms with Gasteiger partial charge in [-0.05, 0) is 69.3 Å². The number of nitrogens with zero attached hydrogens (tertiary/aromatic N) is 4. The number of ether oxygens (including phenoxy) is 1. The highest BCUT2D eigenvalue weighted by molar-refractivity contribution is 7.92. The summed E-state index contributed by atoms with van der Waals surface area (Å²) in [6.07, 6.45) is 5.51. The van der Waals surface area contributed by atoms with Gasteiger partial charge in [0, 0.05) is 41.7 Å². The predicted molar refractivity (Wildman–Crippen MR) is 155 cm³/mol. The van der Waals surface area contributed by atoms with E-state index in [2.05, 4.69) is 9.71 Å². The molecule has 1 saturated carbocycles. The number of hydrogen-bond donors (Lipinski definition) is 2. The van der Waals surface area contributed by atoms with Crippen LogP contribution in [-0.2, 0) is 20.2 Å². The molecule has 3 heterocycles. The lowest BCUT2D eigenvalue weighted by molar-refractivity contribution is -0.884. The maximum atomic E-state index is 13.2. The molecule has 2 aromatic heterocycles. The van der Waals surface area contributed by atoms with Crippen LogP contribution in [0.4, 0.5) is 11.4 Å². The molecule has 4 aromatic rings. The summed E-state index contributed by atoms with van der Waals surface area (Å²) in [7, 11) is 1.78. The number of nitrogens with one attached hydrogen (secondary N) is 1. The van der Waals surface area contributed by atoms with E-state index in [-0.39, 0.29) is 22.4 Å². The Labute approximate surface area is 238 Å². The molecule has 1 fully saturated rings. The van der Waals surface area contributed by atoms with Crippen molar-refractivity contribution >= 4 is 38.2 Å². The highest BCUT2D eigenvalue weighted by Gasteiger charge is 2.60. The maximum absolute atomic E-state index is 13.2. The van der Waals surface area contributed by atoms with Gasteiger partial charge in [0.15, 0.2) is 0 Å². The second-order valence-electron chi connectivity index (χ2n) is 10.9. The smallest absolute Gasteiger partial charge is 0.264 e. The standard InChI is InChI=1S/C30H32N5O5S/c1-33(2)14-7-15-40-28-24(32-41(38,39)22-8-5-4-6-9-22)17-21(18-31-28)20-10-11-25-23(16-20)27-26(19-35(25)37)34(3)29(36)30(27)12-13-30/h4-6,8-11,16-19,32,37H,7,12-15H2,1-3H3/q+1. The van der Waals surface area contributed by atoms with Crippen LogP contribution in [0, 0.1) is 0 Å². The molecule has 0 unspecified atom stereocenters. The molecule has 11 heteroatoms. The number of anilines is 2. The van der Waals surface area contributed by atoms with E-state index in [0.29, 0.717) is 23.4 Å². The molecular formula is C30H32N5O5S+. The summed E-state index contributed by atoms with van der Waals surface area (Å²) < 4.78 is 36.1. The van der Waals surface area contributed by atoms with Crippen LogP contribution in [0.1, 0.15) is 24.8 Å². The topological polar surface area (TPSA) is 116 Å². The van der Waals surface area contributed by atoms with Gasteiger partial charge in [-0.3, -0.25) is 14.7 Å². The average Bonchev–Trinajstić information content (AvgIpc) is 3.73. The molecule has 2 aliphatic rings. The third-order valence-electron chi connectivity index (χ3n) is 7.79. The quantitative estimate of drug-likeness (QED) is 0.178. The summed E-state index contributed by atoms with van der Waals surface area (Å²) in [6.45, 7) is 1.18. The summed E-state index contributed by atoms with van der Waals surface area (Å²) in [6, 6.07) is 15.4. The zero-order valence-electron chi connectivity index (χ0n) is 23.2. The fourth-order valence-electron chi connectivity index (χ4n) is 5.54. The van der Waals surface area contributed by atoms with Crippen molar-refractivity contribution in [2.24, 2.45) is 0 Å². The first-order chi connectivity index (χ1) is 19.6. The van der Waals surface area contributed by atoms with Crippen LogP contribution < -0.4 is 19.1 Å². The highest BCUT2D eigenvalue weighted by Crippen LogP contribution is 2.58. The molecule has 1 amide bonds. The number of pyridine rings is 2. The van der Waals surface area contributed by atoms with Crippen LogP contribution in [0.15, 0.2) is 71.9 Å². The Kier molecular flexibility index (Phi) is 6.58. The first-order valence-electron chi connectivity index (χ1n) is 13.5. The van der Waals surface area contributed by atoms with Crippen LogP contribution in [0.5, 0.6) is 5.88 Å². The number of amides is 1. The highest BCUT2D eigenvalue weighted by atomic mass is 32.2. The van der Waals surface area contributed by atoms with Gasteiger partial charge in [0.2, 0.25) is 18.0 Å². The predicted octanol–water partition coefficient (Wildman–Crippen LogP) is 3.57. The Balaban J connectivity index is 1.42. The van der Waals surface area contributed by atoms with Gasteiger partial charge in [-0.2, -0.15) is 0 Å². The molecule has 0 saturated heterocycles. The number of rotatable bonds is 9. The van der Waals surface area contributed by atoms with Gasteiger partial charge in [-0.25, -0.2) is 13.4 Å². The normalized spacial score (nSPS) is 15.5. The molecule has 1 aliphatic heterocycles. The van der Waals surface area contributed by atoms with E-state index in [1.807, 2.05) is 31.1 Å². The van der Waals surface area contributed by atoms with Gasteiger partial charge in [-0.1, -0.05) is 18.2 Å². The van der Waals surface area contributed by atoms with Gasteiger partial charge < -0.3 is 14.5 Å². The minimum Gasteiger partial charge on any atom is -0.476 e. The number of hydrogen-bond acceptors (Lipinski definition) is 7. The molecule has 0 radical (unpaired) electrons. The lowest BCUT2D eigenvalue weighted by Gasteiger charge is -2.15. The van der Waals surface area contributed by atoms with Crippen molar-refractivity contribution in [2.45, 2.75) is 29.6 Å². The number of benzene rings is 2. The Morgan fingerprint density at radius 3 is 2.59 bits per heavy atom. The molecule has 6 rings (SSSR count). The van der Waals surface area contributed by atoms with Crippen molar-refractivity contribution in [1.29, 1.82) is 0 Å². The molecule has 10 nitrogen and oxygen atoms in total. The lowest BCUT2D eigenvalue weighted by atomic mass is 9.92. The Hall–Kier alpha value is -4.22. The number of carbonyl (C=O) groups excluding carboxylic acids is 1. The number of likely N-dealkylation sites (N-methyl/N-ethyl adjacent to an activating group) is 1. The summed E-state index contributed by atoms with van der Waals surface area (Å²) >= 11 is 0. The van der Waals surface area contributed by atoms with E-state index in [1.165, 1.54) is 12.1 Å². The Bertz CT molecular complexity index is 1770. The second-order valence-corrected chi connectivity index (χ2v) is 12.6. The van der Waals surface area contributed by atoms with Crippen LogP contribution in [0.2, 0.25) is 0 Å². The van der Waals surface area contributed by atoms with Gasteiger partial charge in [-0.15, -0.1) is 0 Å². The Morgan fingerprint density at radius 2 is 1.88 bits per heavy atom. The second kappa shape index (κ2) is 10.0. The van der Waals surface area contributed by atoms with E-state index in [9.17, 15) is 18.4 Å². The van der Waals surface area contributed by atoms with Crippen molar-refractivity contribution in [3.8, 4) is 17.0 Å². The molecular weight excluding hydrogens is 542 g/mol. The molecule has 2 aromatic carbocycles. The molecule has 1 spiro atoms. The largest absolute Gasteiger partial charge is 0.476 e. The molecule has 1 aliphatic carbocycles. The zero-order valence-corrected chi connectivity index (χ0v) is 24.0. The van der Waals surface area contributed by atoms with E-state index in [4.69, 9.17) is 4.74 Å². The lowest BCUT2D eigenvalue weighted by Crippen LogP contribution is -2.32. The summed E-state index contributed by atoms with van der Waals surface area (Å²) in [5.74, 6) is 0.228. The van der Waals surface area contributed by atoms with Crippen molar-refractivity contribution < 1.29 is 27.9 Å². The molecule has 0 atom stereocenters. The SMILES string of the molecule is CN(C)CCCOc1ncc(-c2ccc3c(c2)c2c(c[n+]3O)N(C)C(=O)C23CC3)cc1NS(=O)(=O)c1ccccc1. The van der Waals surface area contributed by atoms with E-state index in [1.54, 1.807) is 54.7 Å². The van der Waals surface area contributed by atoms with Crippen LogP contribution >= 0.6 is 0 Å². The third kappa shape index (κ3) is 4.74. The van der Waals surface area contributed by atoms with E-state index >= 15 is 0 Å². The van der Waals surface area contributed by atoms with Crippen molar-refractivity contribution in [3.05, 3.63) is 72.6 Å². The van der Waals surface area contributed by atoms with Gasteiger partial charge in [0.05, 0.1) is 22.3 Å². The molecule has 0 bridgehead atoms. The van der Waals surface area contributed by atoms with E-state index in [0.717, 1.165) is 47.1 Å². The molecule has 41 heavy (non-hydrogen) atoms. The van der Waals surface area contributed by atoms with Gasteiger partial charge >= 0.3 is 0 Å². The summed E-state index contributed by atoms with van der Waals surface area (Å²) in [5.41, 5.74) is 3.29. The average molecular weight is 575 g/mol. The zero-order chi connectivity index (χ0) is 28.9. The number of aromatic nitrogens is 2. The molecule has 2 N–H and O–H groups in total. The van der Waals surface area contributed by atoms with Crippen LogP contribution in [0.25, 0.3) is 22.0 Å². The summed E-state index contributed by atoms with van der Waals surface area (Å²) in [5, 5.41) is 11.5. The third-order valence-corrected chi connectivity index (χ3v) is 9.17. The Morgan fingerprint density at radius 1 is 1.12 bits per heavy atom. The number of fused-ring (bicyclic) bond motifs is 4. The minimum absolute atomic E-state index is 0.0421. The van der Waals surface area contributed by atoms with E-state index < -0.39 is 15.4 Å². The molecule has 212 valence electrons. The van der Waals surface area contributed by atoms with Gasteiger partial charge in [0.25, 0.3) is 15.5 Å². The first-order valence-corrected chi connectivity index (χ1v) is 15.0.